The molecule has 0 aliphatic heterocycles. The van der Waals surface area contributed by atoms with E-state index in [4.69, 9.17) is 4.74 Å². The van der Waals surface area contributed by atoms with Gasteiger partial charge in [0, 0.05) is 31.2 Å². The molecular weight excluding hydrogens is 332 g/mol. The van der Waals surface area contributed by atoms with Crippen LogP contribution in [0.2, 0.25) is 0 Å². The third-order valence-corrected chi connectivity index (χ3v) is 3.77. The topological polar surface area (TPSA) is 41.6 Å². The highest BCUT2D eigenvalue weighted by Crippen LogP contribution is 2.16. The van der Waals surface area contributed by atoms with Gasteiger partial charge in [0.15, 0.2) is 0 Å². The molecule has 5 heteroatoms. The molecule has 21 heavy (non-hydrogen) atoms. The van der Waals surface area contributed by atoms with Crippen LogP contribution in [-0.4, -0.2) is 36.7 Å². The average Bonchev–Trinajstić information content (AvgIpc) is 2.36. The van der Waals surface area contributed by atoms with Crippen LogP contribution in [-0.2, 0) is 11.3 Å². The molecule has 0 saturated carbocycles. The summed E-state index contributed by atoms with van der Waals surface area (Å²) in [6.45, 7) is 9.81. The average molecular weight is 357 g/mol. The summed E-state index contributed by atoms with van der Waals surface area (Å²) in [5.41, 5.74) is 2.00. The van der Waals surface area contributed by atoms with Gasteiger partial charge in [-0.05, 0) is 44.9 Å². The Balaban J connectivity index is 2.30. The Bertz CT molecular complexity index is 484. The molecule has 0 fully saturated rings. The fraction of sp³-hybridized carbons (Fsp3) is 0.562. The first-order valence-electron chi connectivity index (χ1n) is 7.09. The Morgan fingerprint density at radius 2 is 2.05 bits per heavy atom. The van der Waals surface area contributed by atoms with Gasteiger partial charge in [-0.1, -0.05) is 28.1 Å². The molecule has 1 rings (SSSR count). The van der Waals surface area contributed by atoms with Crippen LogP contribution in [0.1, 0.15) is 31.9 Å². The molecule has 0 spiro atoms. The minimum atomic E-state index is -0.451. The largest absolute Gasteiger partial charge is 0.444 e. The van der Waals surface area contributed by atoms with E-state index in [0.717, 1.165) is 17.6 Å². The molecule has 4 nitrogen and oxygen atoms in total. The second-order valence-corrected chi connectivity index (χ2v) is 7.02. The number of rotatable bonds is 5. The van der Waals surface area contributed by atoms with Gasteiger partial charge in [0.25, 0.3) is 0 Å². The molecule has 0 aromatic heterocycles. The number of carbonyl (C=O) groups excluding carboxylic acids is 1. The van der Waals surface area contributed by atoms with Gasteiger partial charge in [0.2, 0.25) is 0 Å². The molecule has 1 aromatic carbocycles. The zero-order valence-corrected chi connectivity index (χ0v) is 15.1. The van der Waals surface area contributed by atoms with Crippen LogP contribution in [0.3, 0.4) is 0 Å². The Labute approximate surface area is 136 Å². The molecule has 1 amide bonds. The predicted molar refractivity (Wildman–Crippen MR) is 89.4 cm³/mol. The van der Waals surface area contributed by atoms with Crippen molar-refractivity contribution < 1.29 is 9.53 Å². The van der Waals surface area contributed by atoms with Crippen LogP contribution in [0.5, 0.6) is 0 Å². The van der Waals surface area contributed by atoms with Crippen molar-refractivity contribution in [3.05, 3.63) is 33.8 Å². The third-order valence-electron chi connectivity index (χ3n) is 2.88. The van der Waals surface area contributed by atoms with E-state index >= 15 is 0 Å². The standard InChI is InChI=1S/C16H25BrN2O2/c1-12-10-13(6-7-14(12)17)11-18-8-9-19(5)15(20)21-16(2,3)4/h6-7,10,18H,8-9,11H2,1-5H3. The van der Waals surface area contributed by atoms with E-state index in [1.165, 1.54) is 11.1 Å². The summed E-state index contributed by atoms with van der Waals surface area (Å²) in [5.74, 6) is 0. The lowest BCUT2D eigenvalue weighted by Gasteiger charge is -2.24. The molecule has 0 radical (unpaired) electrons. The second-order valence-electron chi connectivity index (χ2n) is 6.16. The zero-order valence-electron chi connectivity index (χ0n) is 13.5. The number of likely N-dealkylation sites (N-methyl/N-ethyl adjacent to an activating group) is 1. The van der Waals surface area contributed by atoms with Gasteiger partial charge in [-0.3, -0.25) is 0 Å². The predicted octanol–water partition coefficient (Wildman–Crippen LogP) is 3.71. The lowest BCUT2D eigenvalue weighted by Crippen LogP contribution is -2.37. The first kappa shape index (κ1) is 18.0. The summed E-state index contributed by atoms with van der Waals surface area (Å²) in [7, 11) is 1.75. The Morgan fingerprint density at radius 3 is 2.62 bits per heavy atom. The SMILES string of the molecule is Cc1cc(CNCCN(C)C(=O)OC(C)(C)C)ccc1Br. The third kappa shape index (κ3) is 6.96. The van der Waals surface area contributed by atoms with E-state index in [-0.39, 0.29) is 6.09 Å². The minimum absolute atomic E-state index is 0.288. The molecular formula is C16H25BrN2O2. The molecule has 0 aliphatic carbocycles. The number of hydrogen-bond donors (Lipinski definition) is 1. The summed E-state index contributed by atoms with van der Waals surface area (Å²) >= 11 is 3.49. The lowest BCUT2D eigenvalue weighted by atomic mass is 10.1. The fourth-order valence-electron chi connectivity index (χ4n) is 1.73. The minimum Gasteiger partial charge on any atom is -0.444 e. The monoisotopic (exact) mass is 356 g/mol. The number of carbonyl (C=O) groups is 1. The van der Waals surface area contributed by atoms with Gasteiger partial charge in [-0.15, -0.1) is 0 Å². The maximum absolute atomic E-state index is 11.8. The number of aryl methyl sites for hydroxylation is 1. The number of nitrogens with zero attached hydrogens (tertiary/aromatic N) is 1. The Hall–Kier alpha value is -1.07. The Morgan fingerprint density at radius 1 is 1.38 bits per heavy atom. The second kappa shape index (κ2) is 7.80. The highest BCUT2D eigenvalue weighted by atomic mass is 79.9. The zero-order chi connectivity index (χ0) is 16.0. The quantitative estimate of drug-likeness (QED) is 0.817. The smallest absolute Gasteiger partial charge is 0.410 e. The van der Waals surface area contributed by atoms with Gasteiger partial charge in [-0.25, -0.2) is 4.79 Å². The Kier molecular flexibility index (Phi) is 6.68. The summed E-state index contributed by atoms with van der Waals surface area (Å²) in [4.78, 5) is 13.4. The number of nitrogens with one attached hydrogen (secondary N) is 1. The molecule has 1 aromatic rings. The summed E-state index contributed by atoms with van der Waals surface area (Å²) in [6, 6.07) is 6.29. The van der Waals surface area contributed by atoms with Crippen LogP contribution < -0.4 is 5.32 Å². The highest BCUT2D eigenvalue weighted by Gasteiger charge is 2.18. The van der Waals surface area contributed by atoms with Gasteiger partial charge >= 0.3 is 6.09 Å². The van der Waals surface area contributed by atoms with E-state index in [0.29, 0.717) is 6.54 Å². The molecule has 0 aliphatic rings. The molecule has 1 N–H and O–H groups in total. The highest BCUT2D eigenvalue weighted by molar-refractivity contribution is 9.10. The molecule has 0 saturated heterocycles. The fourth-order valence-corrected chi connectivity index (χ4v) is 1.97. The van der Waals surface area contributed by atoms with Crippen molar-refractivity contribution in [2.45, 2.75) is 39.8 Å². The maximum atomic E-state index is 11.8. The normalized spacial score (nSPS) is 11.3. The summed E-state index contributed by atoms with van der Waals surface area (Å²) in [6.07, 6.45) is -0.288. The van der Waals surface area contributed by atoms with Crippen molar-refractivity contribution >= 4 is 22.0 Å². The number of amides is 1. The summed E-state index contributed by atoms with van der Waals surface area (Å²) < 4.78 is 6.42. The van der Waals surface area contributed by atoms with E-state index < -0.39 is 5.60 Å². The molecule has 0 bridgehead atoms. The van der Waals surface area contributed by atoms with Crippen LogP contribution in [0.15, 0.2) is 22.7 Å². The maximum Gasteiger partial charge on any atom is 0.410 e. The van der Waals surface area contributed by atoms with E-state index in [2.05, 4.69) is 46.4 Å². The number of halogens is 1. The van der Waals surface area contributed by atoms with Crippen LogP contribution in [0.25, 0.3) is 0 Å². The van der Waals surface area contributed by atoms with E-state index in [9.17, 15) is 4.79 Å². The van der Waals surface area contributed by atoms with E-state index in [1.807, 2.05) is 20.8 Å². The van der Waals surface area contributed by atoms with Gasteiger partial charge in [0.1, 0.15) is 5.60 Å². The van der Waals surface area contributed by atoms with Crippen molar-refractivity contribution in [1.29, 1.82) is 0 Å². The van der Waals surface area contributed by atoms with Crippen molar-refractivity contribution in [2.75, 3.05) is 20.1 Å². The molecule has 0 atom stereocenters. The lowest BCUT2D eigenvalue weighted by molar-refractivity contribution is 0.0300. The van der Waals surface area contributed by atoms with E-state index in [1.54, 1.807) is 11.9 Å². The van der Waals surface area contributed by atoms with Crippen molar-refractivity contribution in [3.63, 3.8) is 0 Å². The number of ether oxygens (including phenoxy) is 1. The molecule has 0 heterocycles. The van der Waals surface area contributed by atoms with Crippen molar-refractivity contribution in [3.8, 4) is 0 Å². The molecule has 118 valence electrons. The first-order chi connectivity index (χ1) is 9.69. The van der Waals surface area contributed by atoms with Gasteiger partial charge in [-0.2, -0.15) is 0 Å². The van der Waals surface area contributed by atoms with Crippen molar-refractivity contribution in [2.24, 2.45) is 0 Å². The number of benzene rings is 1. The van der Waals surface area contributed by atoms with Crippen molar-refractivity contribution in [1.82, 2.24) is 10.2 Å². The number of hydrogen-bond acceptors (Lipinski definition) is 3. The molecule has 0 unspecified atom stereocenters. The van der Waals surface area contributed by atoms with Crippen LogP contribution in [0, 0.1) is 6.92 Å². The first-order valence-corrected chi connectivity index (χ1v) is 7.88. The summed E-state index contributed by atoms with van der Waals surface area (Å²) in [5, 5.41) is 3.33. The van der Waals surface area contributed by atoms with Crippen LogP contribution in [0.4, 0.5) is 4.79 Å². The van der Waals surface area contributed by atoms with Crippen LogP contribution >= 0.6 is 15.9 Å². The van der Waals surface area contributed by atoms with Gasteiger partial charge < -0.3 is 15.0 Å². The van der Waals surface area contributed by atoms with Gasteiger partial charge in [0.05, 0.1) is 0 Å².